The first-order valence-electron chi connectivity index (χ1n) is 7.12. The SMILES string of the molecule is CCC1CCC(n2c(=S)[nH]c3ccc(F)c(F)c32)C1C. The molecule has 2 nitrogen and oxygen atoms in total. The predicted octanol–water partition coefficient (Wildman–Crippen LogP) is 4.97. The number of aromatic nitrogens is 2. The quantitative estimate of drug-likeness (QED) is 0.776. The highest BCUT2D eigenvalue weighted by Crippen LogP contribution is 2.43. The molecule has 1 aromatic heterocycles. The number of imidazole rings is 1. The van der Waals surface area contributed by atoms with Crippen LogP contribution in [-0.4, -0.2) is 9.55 Å². The van der Waals surface area contributed by atoms with Crippen LogP contribution in [0.2, 0.25) is 0 Å². The van der Waals surface area contributed by atoms with E-state index in [1.807, 2.05) is 0 Å². The molecule has 20 heavy (non-hydrogen) atoms. The Morgan fingerprint density at radius 3 is 2.75 bits per heavy atom. The molecule has 0 aliphatic heterocycles. The highest BCUT2D eigenvalue weighted by molar-refractivity contribution is 7.71. The zero-order valence-corrected chi connectivity index (χ0v) is 12.4. The molecule has 1 N–H and O–H groups in total. The van der Waals surface area contributed by atoms with Gasteiger partial charge < -0.3 is 9.55 Å². The second-order valence-corrected chi connectivity index (χ2v) is 6.12. The Balaban J connectivity index is 2.19. The summed E-state index contributed by atoms with van der Waals surface area (Å²) in [6.45, 7) is 4.36. The summed E-state index contributed by atoms with van der Waals surface area (Å²) in [5.41, 5.74) is 0.852. The van der Waals surface area contributed by atoms with E-state index in [4.69, 9.17) is 12.2 Å². The van der Waals surface area contributed by atoms with Crippen molar-refractivity contribution in [3.05, 3.63) is 28.5 Å². The first-order valence-corrected chi connectivity index (χ1v) is 7.53. The van der Waals surface area contributed by atoms with Gasteiger partial charge in [-0.3, -0.25) is 0 Å². The lowest BCUT2D eigenvalue weighted by molar-refractivity contribution is 0.330. The molecule has 0 bridgehead atoms. The van der Waals surface area contributed by atoms with E-state index in [-0.39, 0.29) is 11.6 Å². The second-order valence-electron chi connectivity index (χ2n) is 5.73. The van der Waals surface area contributed by atoms with Crippen molar-refractivity contribution in [2.24, 2.45) is 11.8 Å². The van der Waals surface area contributed by atoms with Crippen LogP contribution in [-0.2, 0) is 0 Å². The lowest BCUT2D eigenvalue weighted by atomic mass is 9.93. The van der Waals surface area contributed by atoms with Gasteiger partial charge in [0.2, 0.25) is 0 Å². The number of fused-ring (bicyclic) bond motifs is 1. The Bertz CT molecular complexity index is 704. The highest BCUT2D eigenvalue weighted by atomic mass is 32.1. The molecular formula is C15H18F2N2S. The monoisotopic (exact) mass is 296 g/mol. The number of hydrogen-bond acceptors (Lipinski definition) is 1. The summed E-state index contributed by atoms with van der Waals surface area (Å²) in [5, 5.41) is 0. The number of nitrogens with zero attached hydrogens (tertiary/aromatic N) is 1. The molecule has 3 unspecified atom stereocenters. The van der Waals surface area contributed by atoms with Crippen LogP contribution in [0.1, 0.15) is 39.2 Å². The Labute approximate surface area is 121 Å². The third kappa shape index (κ3) is 1.91. The molecule has 3 rings (SSSR count). The molecule has 5 heteroatoms. The van der Waals surface area contributed by atoms with Gasteiger partial charge in [0.05, 0.1) is 5.52 Å². The van der Waals surface area contributed by atoms with Crippen molar-refractivity contribution in [2.45, 2.75) is 39.2 Å². The van der Waals surface area contributed by atoms with Gasteiger partial charge in [-0.25, -0.2) is 8.78 Å². The molecule has 1 aliphatic carbocycles. The van der Waals surface area contributed by atoms with Crippen molar-refractivity contribution in [1.82, 2.24) is 9.55 Å². The highest BCUT2D eigenvalue weighted by Gasteiger charge is 2.34. The molecule has 108 valence electrons. The Morgan fingerprint density at radius 2 is 2.10 bits per heavy atom. The topological polar surface area (TPSA) is 20.7 Å². The first-order chi connectivity index (χ1) is 9.54. The zero-order chi connectivity index (χ0) is 14.4. The molecule has 1 aliphatic rings. The summed E-state index contributed by atoms with van der Waals surface area (Å²) >= 11 is 5.34. The summed E-state index contributed by atoms with van der Waals surface area (Å²) in [7, 11) is 0. The minimum absolute atomic E-state index is 0.150. The van der Waals surface area contributed by atoms with E-state index < -0.39 is 11.6 Å². The average Bonchev–Trinajstić information content (AvgIpc) is 2.94. The van der Waals surface area contributed by atoms with E-state index >= 15 is 0 Å². The fourth-order valence-electron chi connectivity index (χ4n) is 3.63. The van der Waals surface area contributed by atoms with Crippen LogP contribution in [0.25, 0.3) is 11.0 Å². The molecule has 0 amide bonds. The van der Waals surface area contributed by atoms with E-state index in [9.17, 15) is 8.78 Å². The lowest BCUT2D eigenvalue weighted by Crippen LogP contribution is -2.16. The molecule has 0 radical (unpaired) electrons. The number of halogens is 2. The van der Waals surface area contributed by atoms with Gasteiger partial charge in [-0.15, -0.1) is 0 Å². The molecule has 1 fully saturated rings. The molecular weight excluding hydrogens is 278 g/mol. The molecule has 1 saturated carbocycles. The number of benzene rings is 1. The van der Waals surface area contributed by atoms with E-state index in [0.717, 1.165) is 25.3 Å². The smallest absolute Gasteiger partial charge is 0.184 e. The zero-order valence-electron chi connectivity index (χ0n) is 11.6. The third-order valence-electron chi connectivity index (χ3n) is 4.81. The van der Waals surface area contributed by atoms with Crippen LogP contribution < -0.4 is 0 Å². The van der Waals surface area contributed by atoms with E-state index in [1.165, 1.54) is 0 Å². The van der Waals surface area contributed by atoms with Crippen molar-refractivity contribution in [1.29, 1.82) is 0 Å². The normalized spacial score (nSPS) is 26.5. The van der Waals surface area contributed by atoms with Gasteiger partial charge in [-0.2, -0.15) is 0 Å². The molecule has 1 aromatic carbocycles. The number of hydrogen-bond donors (Lipinski definition) is 1. The number of aromatic amines is 1. The maximum atomic E-state index is 14.2. The maximum Gasteiger partial charge on any atom is 0.184 e. The van der Waals surface area contributed by atoms with Crippen molar-refractivity contribution in [3.63, 3.8) is 0 Å². The Hall–Kier alpha value is -1.23. The van der Waals surface area contributed by atoms with Crippen molar-refractivity contribution in [2.75, 3.05) is 0 Å². The summed E-state index contributed by atoms with van der Waals surface area (Å²) in [4.78, 5) is 3.00. The van der Waals surface area contributed by atoms with Gasteiger partial charge >= 0.3 is 0 Å². The van der Waals surface area contributed by atoms with Crippen molar-refractivity contribution in [3.8, 4) is 0 Å². The predicted molar refractivity (Wildman–Crippen MR) is 78.3 cm³/mol. The first kappa shape index (κ1) is 13.7. The van der Waals surface area contributed by atoms with Gasteiger partial charge in [0, 0.05) is 6.04 Å². The van der Waals surface area contributed by atoms with Gasteiger partial charge in [0.15, 0.2) is 16.4 Å². The van der Waals surface area contributed by atoms with Crippen LogP contribution in [0.5, 0.6) is 0 Å². The molecule has 1 heterocycles. The van der Waals surface area contributed by atoms with E-state index in [2.05, 4.69) is 18.8 Å². The van der Waals surface area contributed by atoms with E-state index in [1.54, 1.807) is 10.6 Å². The fourth-order valence-corrected chi connectivity index (χ4v) is 3.97. The molecule has 3 atom stereocenters. The molecule has 0 spiro atoms. The number of H-pyrrole nitrogens is 1. The maximum absolute atomic E-state index is 14.2. The summed E-state index contributed by atoms with van der Waals surface area (Å²) < 4.78 is 30.0. The minimum Gasteiger partial charge on any atom is -0.330 e. The third-order valence-corrected chi connectivity index (χ3v) is 5.11. The van der Waals surface area contributed by atoms with Crippen LogP contribution in [0.15, 0.2) is 12.1 Å². The van der Waals surface area contributed by atoms with Crippen LogP contribution >= 0.6 is 12.2 Å². The average molecular weight is 296 g/mol. The largest absolute Gasteiger partial charge is 0.330 e. The summed E-state index contributed by atoms with van der Waals surface area (Å²) in [6.07, 6.45) is 3.20. The standard InChI is InChI=1S/C15H18F2N2S/c1-3-9-4-7-12(8(9)2)19-14-11(18-15(19)20)6-5-10(16)13(14)17/h5-6,8-9,12H,3-4,7H2,1-2H3,(H,18,20). The summed E-state index contributed by atoms with van der Waals surface area (Å²) in [5.74, 6) is -0.572. The van der Waals surface area contributed by atoms with Crippen LogP contribution in [0, 0.1) is 28.2 Å². The van der Waals surface area contributed by atoms with Crippen molar-refractivity contribution < 1.29 is 8.78 Å². The molecule has 0 saturated heterocycles. The van der Waals surface area contributed by atoms with Gasteiger partial charge in [-0.05, 0) is 49.0 Å². The van der Waals surface area contributed by atoms with Crippen molar-refractivity contribution >= 4 is 23.3 Å². The molecule has 2 aromatic rings. The Morgan fingerprint density at radius 1 is 1.35 bits per heavy atom. The number of nitrogens with one attached hydrogen (secondary N) is 1. The lowest BCUT2D eigenvalue weighted by Gasteiger charge is -2.22. The summed E-state index contributed by atoms with van der Waals surface area (Å²) in [6, 6.07) is 2.84. The van der Waals surface area contributed by atoms with Crippen LogP contribution in [0.4, 0.5) is 8.78 Å². The minimum atomic E-state index is -0.821. The van der Waals surface area contributed by atoms with Gasteiger partial charge in [0.25, 0.3) is 0 Å². The van der Waals surface area contributed by atoms with Gasteiger partial charge in [0.1, 0.15) is 5.52 Å². The number of rotatable bonds is 2. The van der Waals surface area contributed by atoms with E-state index in [0.29, 0.717) is 22.1 Å². The Kier molecular flexibility index (Phi) is 3.40. The van der Waals surface area contributed by atoms with Crippen LogP contribution in [0.3, 0.4) is 0 Å². The second kappa shape index (κ2) is 4.95. The fraction of sp³-hybridized carbons (Fsp3) is 0.533. The van der Waals surface area contributed by atoms with Gasteiger partial charge in [-0.1, -0.05) is 20.3 Å².